The van der Waals surface area contributed by atoms with Gasteiger partial charge in [0.15, 0.2) is 5.96 Å². The van der Waals surface area contributed by atoms with Gasteiger partial charge in [0.05, 0.1) is 24.6 Å². The molecule has 6 nitrogen and oxygen atoms in total. The number of methoxy groups -OCH3 is 1. The molecule has 25 heavy (non-hydrogen) atoms. The van der Waals surface area contributed by atoms with Gasteiger partial charge < -0.3 is 19.7 Å². The Hall–Kier alpha value is -1.22. The van der Waals surface area contributed by atoms with E-state index in [9.17, 15) is 4.79 Å². The lowest BCUT2D eigenvalue weighted by Gasteiger charge is -2.21. The molecule has 0 amide bonds. The molecule has 0 spiro atoms. The molecule has 0 saturated carbocycles. The van der Waals surface area contributed by atoms with Crippen molar-refractivity contribution in [2.75, 3.05) is 40.4 Å². The summed E-state index contributed by atoms with van der Waals surface area (Å²) in [5.41, 5.74) is 0. The summed E-state index contributed by atoms with van der Waals surface area (Å²) in [4.78, 5) is 18.1. The summed E-state index contributed by atoms with van der Waals surface area (Å²) in [7, 11) is 3.16. The Labute approximate surface area is 170 Å². The monoisotopic (exact) mass is 481 g/mol. The molecule has 8 heteroatoms. The second-order valence-corrected chi connectivity index (χ2v) is 6.17. The number of hydrogen-bond donors (Lipinski definition) is 1. The Bertz CT molecular complexity index is 600. The van der Waals surface area contributed by atoms with Crippen molar-refractivity contribution in [2.24, 2.45) is 16.8 Å². The summed E-state index contributed by atoms with van der Waals surface area (Å²) in [5.74, 6) is 1.37. The average molecular weight is 482 g/mol. The molecule has 0 aliphatic carbocycles. The summed E-state index contributed by atoms with van der Waals surface area (Å²) < 4.78 is 10.5. The highest BCUT2D eigenvalue weighted by molar-refractivity contribution is 14.0. The number of nitrogens with zero attached hydrogens (tertiary/aromatic N) is 2. The molecule has 2 atom stereocenters. The summed E-state index contributed by atoms with van der Waals surface area (Å²) in [6.07, 6.45) is 0. The zero-order valence-electron chi connectivity index (χ0n) is 14.7. The Morgan fingerprint density at radius 2 is 2.12 bits per heavy atom. The minimum atomic E-state index is -0.164. The number of para-hydroxylation sites is 1. The standard InChI is InChI=1S/C17H24ClN3O3.HI/c1-12-10-21(11-13(12)16(22)23-3)17(19-2)20-8-9-24-15-7-5-4-6-14(15)18;/h4-7,12-13H,8-11H2,1-3H3,(H,19,20);1H. The molecular formula is C17H25ClIN3O3. The summed E-state index contributed by atoms with van der Waals surface area (Å²) in [6.45, 7) is 4.48. The first kappa shape index (κ1) is 21.8. The van der Waals surface area contributed by atoms with Crippen LogP contribution in [0.1, 0.15) is 6.92 Å². The number of benzene rings is 1. The van der Waals surface area contributed by atoms with E-state index in [1.54, 1.807) is 13.1 Å². The summed E-state index contributed by atoms with van der Waals surface area (Å²) in [6, 6.07) is 7.37. The van der Waals surface area contributed by atoms with Crippen molar-refractivity contribution in [2.45, 2.75) is 6.92 Å². The first-order valence-electron chi connectivity index (χ1n) is 7.97. The number of carbonyl (C=O) groups excluding carboxylic acids is 1. The number of hydrogen-bond acceptors (Lipinski definition) is 4. The van der Waals surface area contributed by atoms with E-state index >= 15 is 0 Å². The second kappa shape index (κ2) is 10.7. The molecule has 1 heterocycles. The van der Waals surface area contributed by atoms with Crippen molar-refractivity contribution < 1.29 is 14.3 Å². The van der Waals surface area contributed by atoms with Crippen LogP contribution in [0.2, 0.25) is 5.02 Å². The number of likely N-dealkylation sites (tertiary alicyclic amines) is 1. The number of carbonyl (C=O) groups is 1. The lowest BCUT2D eigenvalue weighted by atomic mass is 9.99. The summed E-state index contributed by atoms with van der Waals surface area (Å²) in [5, 5.41) is 3.85. The van der Waals surface area contributed by atoms with E-state index in [2.05, 4.69) is 22.1 Å². The maximum Gasteiger partial charge on any atom is 0.310 e. The molecule has 1 fully saturated rings. The molecule has 1 N–H and O–H groups in total. The third kappa shape index (κ3) is 5.91. The van der Waals surface area contributed by atoms with Gasteiger partial charge in [0.1, 0.15) is 12.4 Å². The molecule has 1 aromatic rings. The van der Waals surface area contributed by atoms with Crippen LogP contribution >= 0.6 is 35.6 Å². The third-order valence-corrected chi connectivity index (χ3v) is 4.42. The predicted molar refractivity (Wildman–Crippen MR) is 110 cm³/mol. The van der Waals surface area contributed by atoms with E-state index < -0.39 is 0 Å². The molecule has 1 aliphatic heterocycles. The number of nitrogens with one attached hydrogen (secondary N) is 1. The highest BCUT2D eigenvalue weighted by atomic mass is 127. The molecule has 1 aliphatic rings. The van der Waals surface area contributed by atoms with Crippen LogP contribution in [0, 0.1) is 11.8 Å². The van der Waals surface area contributed by atoms with Crippen molar-refractivity contribution in [3.05, 3.63) is 29.3 Å². The molecule has 140 valence electrons. The van der Waals surface area contributed by atoms with Crippen LogP contribution in [0.15, 0.2) is 29.3 Å². The zero-order valence-corrected chi connectivity index (χ0v) is 17.8. The Kier molecular flexibility index (Phi) is 9.34. The lowest BCUT2D eigenvalue weighted by molar-refractivity contribution is -0.145. The van der Waals surface area contributed by atoms with Gasteiger partial charge in [-0.3, -0.25) is 9.79 Å². The third-order valence-electron chi connectivity index (χ3n) is 4.11. The first-order chi connectivity index (χ1) is 11.6. The van der Waals surface area contributed by atoms with Crippen molar-refractivity contribution in [1.82, 2.24) is 10.2 Å². The van der Waals surface area contributed by atoms with Crippen molar-refractivity contribution in [3.63, 3.8) is 0 Å². The van der Waals surface area contributed by atoms with Crippen LogP contribution in [0.4, 0.5) is 0 Å². The largest absolute Gasteiger partial charge is 0.490 e. The van der Waals surface area contributed by atoms with E-state index in [-0.39, 0.29) is 41.8 Å². The van der Waals surface area contributed by atoms with Crippen LogP contribution < -0.4 is 10.1 Å². The Morgan fingerprint density at radius 1 is 1.40 bits per heavy atom. The van der Waals surface area contributed by atoms with Gasteiger partial charge in [-0.25, -0.2) is 0 Å². The number of ether oxygens (including phenoxy) is 2. The Balaban J connectivity index is 0.00000312. The fourth-order valence-electron chi connectivity index (χ4n) is 2.82. The highest BCUT2D eigenvalue weighted by Crippen LogP contribution is 2.24. The van der Waals surface area contributed by atoms with Crippen LogP contribution in [-0.4, -0.2) is 57.2 Å². The van der Waals surface area contributed by atoms with Crippen LogP contribution in [0.3, 0.4) is 0 Å². The molecule has 1 aromatic carbocycles. The quantitative estimate of drug-likeness (QED) is 0.230. The van der Waals surface area contributed by atoms with Gasteiger partial charge in [-0.1, -0.05) is 30.7 Å². The number of halogens is 2. The Morgan fingerprint density at radius 3 is 2.76 bits per heavy atom. The number of guanidine groups is 1. The van der Waals surface area contributed by atoms with Crippen LogP contribution in [-0.2, 0) is 9.53 Å². The van der Waals surface area contributed by atoms with Crippen LogP contribution in [0.5, 0.6) is 5.75 Å². The molecule has 0 aromatic heterocycles. The first-order valence-corrected chi connectivity index (χ1v) is 8.35. The smallest absolute Gasteiger partial charge is 0.310 e. The van der Waals surface area contributed by atoms with Gasteiger partial charge in [0.2, 0.25) is 0 Å². The number of esters is 1. The van der Waals surface area contributed by atoms with Crippen molar-refractivity contribution in [1.29, 1.82) is 0 Å². The van der Waals surface area contributed by atoms with Gasteiger partial charge >= 0.3 is 5.97 Å². The lowest BCUT2D eigenvalue weighted by Crippen LogP contribution is -2.42. The molecule has 2 rings (SSSR count). The SMILES string of the molecule is CN=C(NCCOc1ccccc1Cl)N1CC(C)C(C(=O)OC)C1.I. The number of aliphatic imine (C=N–C) groups is 1. The average Bonchev–Trinajstić information content (AvgIpc) is 2.97. The van der Waals surface area contributed by atoms with E-state index in [0.717, 1.165) is 12.5 Å². The minimum absolute atomic E-state index is 0. The molecular weight excluding hydrogens is 457 g/mol. The fraction of sp³-hybridized carbons (Fsp3) is 0.529. The normalized spacial score (nSPS) is 20.0. The van der Waals surface area contributed by atoms with E-state index in [0.29, 0.717) is 30.5 Å². The minimum Gasteiger partial charge on any atom is -0.490 e. The molecule has 1 saturated heterocycles. The zero-order chi connectivity index (χ0) is 17.5. The molecule has 2 unspecified atom stereocenters. The number of rotatable bonds is 5. The maximum absolute atomic E-state index is 11.8. The van der Waals surface area contributed by atoms with Gasteiger partial charge in [0.25, 0.3) is 0 Å². The van der Waals surface area contributed by atoms with E-state index in [1.165, 1.54) is 7.11 Å². The second-order valence-electron chi connectivity index (χ2n) is 5.76. The van der Waals surface area contributed by atoms with Gasteiger partial charge in [0, 0.05) is 20.1 Å². The maximum atomic E-state index is 11.8. The van der Waals surface area contributed by atoms with Gasteiger partial charge in [-0.15, -0.1) is 24.0 Å². The van der Waals surface area contributed by atoms with Crippen molar-refractivity contribution in [3.8, 4) is 5.75 Å². The topological polar surface area (TPSA) is 63.2 Å². The van der Waals surface area contributed by atoms with Gasteiger partial charge in [-0.2, -0.15) is 0 Å². The molecule has 0 radical (unpaired) electrons. The highest BCUT2D eigenvalue weighted by Gasteiger charge is 2.36. The fourth-order valence-corrected chi connectivity index (χ4v) is 3.01. The predicted octanol–water partition coefficient (Wildman–Crippen LogP) is 2.65. The van der Waals surface area contributed by atoms with Crippen LogP contribution in [0.25, 0.3) is 0 Å². The summed E-state index contributed by atoms with van der Waals surface area (Å²) >= 11 is 6.05. The van der Waals surface area contributed by atoms with Crippen molar-refractivity contribution >= 4 is 47.5 Å². The van der Waals surface area contributed by atoms with E-state index in [4.69, 9.17) is 21.1 Å². The van der Waals surface area contributed by atoms with E-state index in [1.807, 2.05) is 18.2 Å². The molecule has 0 bridgehead atoms. The van der Waals surface area contributed by atoms with Gasteiger partial charge in [-0.05, 0) is 18.1 Å².